The van der Waals surface area contributed by atoms with Gasteiger partial charge in [0.25, 0.3) is 0 Å². The minimum absolute atomic E-state index is 0.153. The second kappa shape index (κ2) is 6.31. The van der Waals surface area contributed by atoms with Crippen molar-refractivity contribution in [1.82, 2.24) is 14.9 Å². The van der Waals surface area contributed by atoms with Gasteiger partial charge in [-0.15, -0.1) is 0 Å². The minimum Gasteiger partial charge on any atom is -0.504 e. The lowest BCUT2D eigenvalue weighted by molar-refractivity contribution is 0.403. The van der Waals surface area contributed by atoms with Gasteiger partial charge in [0, 0.05) is 5.92 Å². The van der Waals surface area contributed by atoms with Crippen molar-refractivity contribution in [3.8, 4) is 11.5 Å². The van der Waals surface area contributed by atoms with Crippen LogP contribution in [0.2, 0.25) is 0 Å². The molecule has 0 atom stereocenters. The van der Waals surface area contributed by atoms with Gasteiger partial charge in [-0.2, -0.15) is 14.9 Å². The van der Waals surface area contributed by atoms with Gasteiger partial charge in [0.2, 0.25) is 4.77 Å². The molecular formula is C15H18N4O2S. The average Bonchev–Trinajstić information content (AvgIpc) is 2.90. The zero-order valence-electron chi connectivity index (χ0n) is 12.1. The summed E-state index contributed by atoms with van der Waals surface area (Å²) in [5.74, 6) is 0.920. The van der Waals surface area contributed by atoms with Crippen molar-refractivity contribution in [3.63, 3.8) is 0 Å². The van der Waals surface area contributed by atoms with Crippen LogP contribution in [0.15, 0.2) is 23.3 Å². The van der Waals surface area contributed by atoms with Gasteiger partial charge in [-0.25, -0.2) is 0 Å². The summed E-state index contributed by atoms with van der Waals surface area (Å²) in [5.41, 5.74) is 0.674. The molecule has 22 heavy (non-hydrogen) atoms. The lowest BCUT2D eigenvalue weighted by Gasteiger charge is -2.19. The van der Waals surface area contributed by atoms with Crippen LogP contribution in [0.3, 0.4) is 0 Å². The predicted molar refractivity (Wildman–Crippen MR) is 86.0 cm³/mol. The number of aromatic amines is 1. The number of nitrogens with zero attached hydrogens (tertiary/aromatic N) is 3. The Morgan fingerprint density at radius 1 is 1.23 bits per heavy atom. The summed E-state index contributed by atoms with van der Waals surface area (Å²) < 4.78 is 2.11. The number of aromatic hydroxyl groups is 2. The first-order chi connectivity index (χ1) is 10.6. The van der Waals surface area contributed by atoms with E-state index in [-0.39, 0.29) is 11.5 Å². The summed E-state index contributed by atoms with van der Waals surface area (Å²) >= 11 is 5.25. The Kier molecular flexibility index (Phi) is 4.24. The molecule has 1 aliphatic rings. The summed E-state index contributed by atoms with van der Waals surface area (Å²) in [6.45, 7) is 0. The fourth-order valence-electron chi connectivity index (χ4n) is 2.79. The van der Waals surface area contributed by atoms with Gasteiger partial charge in [-0.05, 0) is 48.8 Å². The third-order valence-corrected chi connectivity index (χ3v) is 4.23. The number of nitrogens with one attached hydrogen (secondary N) is 1. The van der Waals surface area contributed by atoms with E-state index < -0.39 is 0 Å². The topological polar surface area (TPSA) is 86.4 Å². The van der Waals surface area contributed by atoms with Gasteiger partial charge in [-0.3, -0.25) is 5.10 Å². The van der Waals surface area contributed by atoms with Crippen LogP contribution in [0.1, 0.15) is 49.4 Å². The first-order valence-corrected chi connectivity index (χ1v) is 7.79. The molecule has 116 valence electrons. The summed E-state index contributed by atoms with van der Waals surface area (Å²) in [6.07, 6.45) is 7.50. The Morgan fingerprint density at radius 3 is 2.73 bits per heavy atom. The largest absolute Gasteiger partial charge is 0.504 e. The van der Waals surface area contributed by atoms with Crippen LogP contribution >= 0.6 is 12.2 Å². The van der Waals surface area contributed by atoms with Crippen LogP contribution in [0.25, 0.3) is 0 Å². The normalized spacial score (nSPS) is 16.4. The van der Waals surface area contributed by atoms with Crippen molar-refractivity contribution < 1.29 is 10.2 Å². The van der Waals surface area contributed by atoms with Crippen LogP contribution in [-0.2, 0) is 0 Å². The standard InChI is InChI=1S/C15H18N4O2S/c20-12-7-6-10(8-13(12)21)9-16-19-14(17-18-15(19)22)11-4-2-1-3-5-11/h6-9,11,20-21H,1-5H2,(H,18,22)/b16-9+. The number of H-pyrrole nitrogens is 1. The molecule has 1 saturated carbocycles. The van der Waals surface area contributed by atoms with E-state index in [1.165, 1.54) is 31.4 Å². The third-order valence-electron chi connectivity index (χ3n) is 3.97. The van der Waals surface area contributed by atoms with Crippen molar-refractivity contribution in [2.75, 3.05) is 0 Å². The molecule has 1 heterocycles. The Morgan fingerprint density at radius 2 is 2.00 bits per heavy atom. The van der Waals surface area contributed by atoms with Crippen LogP contribution in [0.5, 0.6) is 11.5 Å². The summed E-state index contributed by atoms with van der Waals surface area (Å²) in [7, 11) is 0. The first kappa shape index (κ1) is 14.8. The monoisotopic (exact) mass is 318 g/mol. The number of hydrogen-bond acceptors (Lipinski definition) is 5. The van der Waals surface area contributed by atoms with Gasteiger partial charge in [-0.1, -0.05) is 19.3 Å². The summed E-state index contributed by atoms with van der Waals surface area (Å²) in [5, 5.41) is 30.3. The van der Waals surface area contributed by atoms with E-state index in [1.807, 2.05) is 0 Å². The zero-order valence-corrected chi connectivity index (χ0v) is 12.9. The SMILES string of the molecule is Oc1ccc(/C=N/n2c(C3CCCCC3)n[nH]c2=S)cc1O. The second-order valence-electron chi connectivity index (χ2n) is 5.53. The molecule has 0 spiro atoms. The Bertz CT molecular complexity index is 744. The van der Waals surface area contributed by atoms with Crippen molar-refractivity contribution >= 4 is 18.4 Å². The lowest BCUT2D eigenvalue weighted by Crippen LogP contribution is -2.10. The van der Waals surface area contributed by atoms with E-state index in [1.54, 1.807) is 17.0 Å². The molecule has 0 aliphatic heterocycles. The molecule has 3 rings (SSSR count). The van der Waals surface area contributed by atoms with E-state index in [0.29, 0.717) is 16.3 Å². The van der Waals surface area contributed by atoms with Gasteiger partial charge >= 0.3 is 0 Å². The quantitative estimate of drug-likeness (QED) is 0.460. The van der Waals surface area contributed by atoms with E-state index in [2.05, 4.69) is 15.3 Å². The third kappa shape index (κ3) is 3.04. The molecule has 0 saturated heterocycles. The lowest BCUT2D eigenvalue weighted by atomic mass is 9.89. The highest BCUT2D eigenvalue weighted by Gasteiger charge is 2.21. The number of aromatic nitrogens is 3. The van der Waals surface area contributed by atoms with Gasteiger partial charge in [0.05, 0.1) is 6.21 Å². The molecule has 7 heteroatoms. The van der Waals surface area contributed by atoms with Crippen molar-refractivity contribution in [1.29, 1.82) is 0 Å². The molecule has 1 fully saturated rings. The minimum atomic E-state index is -0.174. The van der Waals surface area contributed by atoms with Gasteiger partial charge < -0.3 is 10.2 Å². The number of rotatable bonds is 3. The number of phenolic OH excluding ortho intramolecular Hbond substituents is 2. The maximum absolute atomic E-state index is 9.51. The molecule has 0 radical (unpaired) electrons. The van der Waals surface area contributed by atoms with E-state index in [0.717, 1.165) is 18.7 Å². The number of benzene rings is 1. The number of hydrogen-bond donors (Lipinski definition) is 3. The average molecular weight is 318 g/mol. The predicted octanol–water partition coefficient (Wildman–Crippen LogP) is 3.28. The molecule has 1 aromatic heterocycles. The van der Waals surface area contributed by atoms with Crippen molar-refractivity contribution in [2.45, 2.75) is 38.0 Å². The summed E-state index contributed by atoms with van der Waals surface area (Å²) in [6, 6.07) is 4.54. The highest BCUT2D eigenvalue weighted by Crippen LogP contribution is 2.31. The molecule has 0 amide bonds. The maximum atomic E-state index is 9.51. The van der Waals surface area contributed by atoms with Crippen LogP contribution in [0, 0.1) is 4.77 Å². The molecule has 1 aromatic carbocycles. The Labute approximate surface area is 133 Å². The van der Waals surface area contributed by atoms with E-state index in [9.17, 15) is 10.2 Å². The van der Waals surface area contributed by atoms with Crippen molar-refractivity contribution in [3.05, 3.63) is 34.4 Å². The fourth-order valence-corrected chi connectivity index (χ4v) is 2.97. The van der Waals surface area contributed by atoms with E-state index in [4.69, 9.17) is 12.2 Å². The van der Waals surface area contributed by atoms with E-state index >= 15 is 0 Å². The molecular weight excluding hydrogens is 300 g/mol. The molecule has 0 unspecified atom stereocenters. The Hall–Kier alpha value is -2.15. The smallest absolute Gasteiger partial charge is 0.216 e. The first-order valence-electron chi connectivity index (χ1n) is 7.39. The van der Waals surface area contributed by atoms with Gasteiger partial charge in [0.1, 0.15) is 0 Å². The zero-order chi connectivity index (χ0) is 15.5. The van der Waals surface area contributed by atoms with Crippen molar-refractivity contribution in [2.24, 2.45) is 5.10 Å². The molecule has 0 bridgehead atoms. The highest BCUT2D eigenvalue weighted by molar-refractivity contribution is 7.71. The van der Waals surface area contributed by atoms with Crippen LogP contribution < -0.4 is 0 Å². The number of phenols is 2. The molecule has 6 nitrogen and oxygen atoms in total. The van der Waals surface area contributed by atoms with Crippen LogP contribution in [0.4, 0.5) is 0 Å². The second-order valence-corrected chi connectivity index (χ2v) is 5.91. The fraction of sp³-hybridized carbons (Fsp3) is 0.400. The Balaban J connectivity index is 1.88. The molecule has 2 aromatic rings. The van der Waals surface area contributed by atoms with Crippen LogP contribution in [-0.4, -0.2) is 31.3 Å². The van der Waals surface area contributed by atoms with Gasteiger partial charge in [0.15, 0.2) is 17.3 Å². The maximum Gasteiger partial charge on any atom is 0.216 e. The highest BCUT2D eigenvalue weighted by atomic mass is 32.1. The summed E-state index contributed by atoms with van der Waals surface area (Å²) in [4.78, 5) is 0. The molecule has 3 N–H and O–H groups in total. The molecule has 1 aliphatic carbocycles.